The zero-order chi connectivity index (χ0) is 12.3. The van der Waals surface area contributed by atoms with Crippen LogP contribution in [0, 0.1) is 11.3 Å². The second-order valence-corrected chi connectivity index (χ2v) is 4.40. The average molecular weight is 231 g/mol. The first-order valence-corrected chi connectivity index (χ1v) is 5.83. The quantitative estimate of drug-likeness (QED) is 0.805. The summed E-state index contributed by atoms with van der Waals surface area (Å²) in [5, 5.41) is 8.78. The van der Waals surface area contributed by atoms with Crippen LogP contribution < -0.4 is 10.6 Å². The summed E-state index contributed by atoms with van der Waals surface area (Å²) in [4.78, 5) is 2.09. The third-order valence-corrected chi connectivity index (χ3v) is 3.07. The van der Waals surface area contributed by atoms with E-state index in [9.17, 15) is 0 Å². The molecule has 4 heteroatoms. The molecule has 90 valence electrons. The van der Waals surface area contributed by atoms with Crippen LogP contribution in [-0.2, 0) is 4.74 Å². The highest BCUT2D eigenvalue weighted by Gasteiger charge is 2.18. The lowest BCUT2D eigenvalue weighted by Gasteiger charge is -2.24. The molecule has 0 aliphatic carbocycles. The third kappa shape index (κ3) is 2.69. The van der Waals surface area contributed by atoms with Gasteiger partial charge in [0.1, 0.15) is 0 Å². The van der Waals surface area contributed by atoms with Crippen LogP contribution in [0.5, 0.6) is 0 Å². The number of nitrogens with zero attached hydrogens (tertiary/aromatic N) is 2. The molecule has 1 saturated heterocycles. The van der Waals surface area contributed by atoms with Crippen molar-refractivity contribution in [2.24, 2.45) is 0 Å². The number of nitrogens with two attached hydrogens (primary N) is 1. The molecule has 0 spiro atoms. The number of likely N-dealkylation sites (N-methyl/N-ethyl adjacent to an activating group) is 1. The molecule has 0 bridgehead atoms. The monoisotopic (exact) mass is 231 g/mol. The van der Waals surface area contributed by atoms with Crippen LogP contribution in [0.4, 0.5) is 11.4 Å². The molecule has 1 fully saturated rings. The Labute approximate surface area is 102 Å². The molecule has 0 amide bonds. The van der Waals surface area contributed by atoms with Crippen molar-refractivity contribution in [3.05, 3.63) is 23.8 Å². The molecule has 1 aliphatic heterocycles. The van der Waals surface area contributed by atoms with E-state index in [4.69, 9.17) is 15.7 Å². The first-order valence-electron chi connectivity index (χ1n) is 5.83. The van der Waals surface area contributed by atoms with Crippen molar-refractivity contribution in [1.29, 1.82) is 5.26 Å². The van der Waals surface area contributed by atoms with E-state index in [1.807, 2.05) is 13.1 Å². The molecule has 1 aromatic rings. The minimum absolute atomic E-state index is 0.301. The number of ether oxygens (including phenoxy) is 1. The van der Waals surface area contributed by atoms with E-state index in [0.717, 1.165) is 31.7 Å². The lowest BCUT2D eigenvalue weighted by molar-refractivity contribution is 0.116. The van der Waals surface area contributed by atoms with Gasteiger partial charge in [0.25, 0.3) is 0 Å². The van der Waals surface area contributed by atoms with E-state index in [1.165, 1.54) is 0 Å². The van der Waals surface area contributed by atoms with Gasteiger partial charge in [0.15, 0.2) is 0 Å². The highest BCUT2D eigenvalue weighted by Crippen LogP contribution is 2.24. The van der Waals surface area contributed by atoms with Crippen molar-refractivity contribution in [2.45, 2.75) is 18.9 Å². The van der Waals surface area contributed by atoms with Crippen molar-refractivity contribution in [3.63, 3.8) is 0 Å². The number of rotatable bonds is 3. The molecule has 1 atom stereocenters. The number of anilines is 2. The predicted octanol–water partition coefficient (Wildman–Crippen LogP) is 1.76. The van der Waals surface area contributed by atoms with Gasteiger partial charge in [-0.1, -0.05) is 0 Å². The summed E-state index contributed by atoms with van der Waals surface area (Å²) in [6, 6.07) is 7.47. The van der Waals surface area contributed by atoms with Gasteiger partial charge in [0.05, 0.1) is 29.1 Å². The van der Waals surface area contributed by atoms with Gasteiger partial charge in [-0.25, -0.2) is 0 Å². The topological polar surface area (TPSA) is 62.3 Å². The van der Waals surface area contributed by atoms with E-state index < -0.39 is 0 Å². The normalized spacial score (nSPS) is 18.9. The third-order valence-electron chi connectivity index (χ3n) is 3.07. The molecule has 2 rings (SSSR count). The Morgan fingerprint density at radius 1 is 1.59 bits per heavy atom. The minimum Gasteiger partial charge on any atom is -0.397 e. The summed E-state index contributed by atoms with van der Waals surface area (Å²) >= 11 is 0. The van der Waals surface area contributed by atoms with Crippen molar-refractivity contribution in [3.8, 4) is 6.07 Å². The SMILES string of the molecule is CN(CC1CCCO1)c1ccc(C#N)cc1N. The summed E-state index contributed by atoms with van der Waals surface area (Å²) in [7, 11) is 2.00. The second kappa shape index (κ2) is 5.07. The Kier molecular flexibility index (Phi) is 3.50. The number of hydrogen-bond donors (Lipinski definition) is 1. The lowest BCUT2D eigenvalue weighted by Crippen LogP contribution is -2.29. The van der Waals surface area contributed by atoms with Gasteiger partial charge < -0.3 is 15.4 Å². The smallest absolute Gasteiger partial charge is 0.0992 e. The Hall–Kier alpha value is -1.73. The van der Waals surface area contributed by atoms with Crippen molar-refractivity contribution in [2.75, 3.05) is 30.8 Å². The van der Waals surface area contributed by atoms with Crippen molar-refractivity contribution < 1.29 is 4.74 Å². The van der Waals surface area contributed by atoms with Crippen LogP contribution in [0.25, 0.3) is 0 Å². The fraction of sp³-hybridized carbons (Fsp3) is 0.462. The van der Waals surface area contributed by atoms with Crippen LogP contribution in [0.3, 0.4) is 0 Å². The van der Waals surface area contributed by atoms with Gasteiger partial charge in [-0.15, -0.1) is 0 Å². The molecule has 1 aliphatic rings. The minimum atomic E-state index is 0.301. The molecule has 0 radical (unpaired) electrons. The Balaban J connectivity index is 2.08. The predicted molar refractivity (Wildman–Crippen MR) is 67.8 cm³/mol. The summed E-state index contributed by atoms with van der Waals surface area (Å²) < 4.78 is 5.60. The van der Waals surface area contributed by atoms with Crippen molar-refractivity contribution >= 4 is 11.4 Å². The maximum absolute atomic E-state index is 8.78. The fourth-order valence-corrected chi connectivity index (χ4v) is 2.16. The Morgan fingerprint density at radius 2 is 2.41 bits per heavy atom. The lowest BCUT2D eigenvalue weighted by atomic mass is 10.1. The van der Waals surface area contributed by atoms with Crippen LogP contribution in [0.2, 0.25) is 0 Å². The van der Waals surface area contributed by atoms with E-state index in [1.54, 1.807) is 12.1 Å². The maximum atomic E-state index is 8.78. The van der Waals surface area contributed by atoms with Crippen LogP contribution in [-0.4, -0.2) is 26.3 Å². The summed E-state index contributed by atoms with van der Waals surface area (Å²) in [6.07, 6.45) is 2.55. The van der Waals surface area contributed by atoms with Gasteiger partial charge >= 0.3 is 0 Å². The van der Waals surface area contributed by atoms with Gasteiger partial charge in [-0.2, -0.15) is 5.26 Å². The van der Waals surface area contributed by atoms with Gasteiger partial charge in [0.2, 0.25) is 0 Å². The van der Waals surface area contributed by atoms with Gasteiger partial charge in [-0.05, 0) is 31.0 Å². The molecule has 1 unspecified atom stereocenters. The highest BCUT2D eigenvalue weighted by molar-refractivity contribution is 5.69. The van der Waals surface area contributed by atoms with E-state index in [-0.39, 0.29) is 0 Å². The summed E-state index contributed by atoms with van der Waals surface area (Å²) in [6.45, 7) is 1.71. The van der Waals surface area contributed by atoms with Crippen LogP contribution in [0.1, 0.15) is 18.4 Å². The Bertz CT molecular complexity index is 433. The van der Waals surface area contributed by atoms with Crippen LogP contribution in [0.15, 0.2) is 18.2 Å². The maximum Gasteiger partial charge on any atom is 0.0992 e. The van der Waals surface area contributed by atoms with E-state index in [2.05, 4.69) is 11.0 Å². The molecule has 0 saturated carbocycles. The standard InChI is InChI=1S/C13H17N3O/c1-16(9-11-3-2-6-17-11)13-5-4-10(8-14)7-12(13)15/h4-5,7,11H,2-3,6,9,15H2,1H3. The molecular weight excluding hydrogens is 214 g/mol. The first kappa shape index (κ1) is 11.7. The number of benzene rings is 1. The average Bonchev–Trinajstić information content (AvgIpc) is 2.81. The number of nitrogen functional groups attached to an aromatic ring is 1. The highest BCUT2D eigenvalue weighted by atomic mass is 16.5. The van der Waals surface area contributed by atoms with E-state index in [0.29, 0.717) is 17.4 Å². The van der Waals surface area contributed by atoms with E-state index >= 15 is 0 Å². The number of nitriles is 1. The number of hydrogen-bond acceptors (Lipinski definition) is 4. The molecule has 1 heterocycles. The van der Waals surface area contributed by atoms with Gasteiger partial charge in [0, 0.05) is 20.2 Å². The molecule has 1 aromatic carbocycles. The summed E-state index contributed by atoms with van der Waals surface area (Å²) in [5.74, 6) is 0. The zero-order valence-electron chi connectivity index (χ0n) is 10.0. The molecular formula is C13H17N3O. The Morgan fingerprint density at radius 3 is 3.00 bits per heavy atom. The molecule has 0 aromatic heterocycles. The summed E-state index contributed by atoms with van der Waals surface area (Å²) in [5.41, 5.74) is 8.13. The molecule has 2 N–H and O–H groups in total. The van der Waals surface area contributed by atoms with Crippen molar-refractivity contribution in [1.82, 2.24) is 0 Å². The zero-order valence-corrected chi connectivity index (χ0v) is 10.0. The molecule has 4 nitrogen and oxygen atoms in total. The van der Waals surface area contributed by atoms with Crippen LogP contribution >= 0.6 is 0 Å². The first-order chi connectivity index (χ1) is 8.20. The molecule has 17 heavy (non-hydrogen) atoms. The largest absolute Gasteiger partial charge is 0.397 e. The fourth-order valence-electron chi connectivity index (χ4n) is 2.16. The van der Waals surface area contributed by atoms with Gasteiger partial charge in [-0.3, -0.25) is 0 Å². The second-order valence-electron chi connectivity index (χ2n) is 4.40.